The van der Waals surface area contributed by atoms with Gasteiger partial charge in [-0.2, -0.15) is 0 Å². The normalized spacial score (nSPS) is 20.6. The van der Waals surface area contributed by atoms with Crippen LogP contribution in [0.15, 0.2) is 12.1 Å². The lowest BCUT2D eigenvalue weighted by Gasteiger charge is -2.22. The van der Waals surface area contributed by atoms with Crippen molar-refractivity contribution in [2.45, 2.75) is 39.0 Å². The van der Waals surface area contributed by atoms with E-state index in [1.807, 2.05) is 6.92 Å². The summed E-state index contributed by atoms with van der Waals surface area (Å²) in [6.07, 6.45) is 1.38. The molecule has 1 atom stereocenters. The van der Waals surface area contributed by atoms with E-state index in [9.17, 15) is 14.0 Å². The summed E-state index contributed by atoms with van der Waals surface area (Å²) in [6, 6.07) is 1.68. The first-order valence-corrected chi connectivity index (χ1v) is 7.24. The number of imide groups is 1. The van der Waals surface area contributed by atoms with E-state index in [2.05, 4.69) is 5.32 Å². The van der Waals surface area contributed by atoms with Gasteiger partial charge in [-0.1, -0.05) is 13.3 Å². The number of amides is 3. The molecule has 22 heavy (non-hydrogen) atoms. The molecule has 0 radical (unpaired) electrons. The minimum Gasteiger partial charge on any atom is -0.467 e. The van der Waals surface area contributed by atoms with Crippen LogP contribution in [0.1, 0.15) is 30.9 Å². The van der Waals surface area contributed by atoms with Gasteiger partial charge in [0.05, 0.1) is 13.2 Å². The average molecular weight is 308 g/mol. The lowest BCUT2D eigenvalue weighted by molar-refractivity contribution is -0.128. The zero-order valence-corrected chi connectivity index (χ0v) is 12.2. The van der Waals surface area contributed by atoms with E-state index in [4.69, 9.17) is 9.47 Å². The number of halogens is 1. The predicted molar refractivity (Wildman–Crippen MR) is 74.5 cm³/mol. The van der Waals surface area contributed by atoms with Crippen LogP contribution in [0.25, 0.3) is 0 Å². The number of rotatable bonds is 4. The second kappa shape index (κ2) is 5.92. The molecule has 1 aromatic carbocycles. The highest BCUT2D eigenvalue weighted by Crippen LogP contribution is 2.31. The Balaban J connectivity index is 1.86. The SMILES string of the molecule is CCCC1NC(=O)N(Cc2cc(F)cc3c2OCOC3)C1=O. The van der Waals surface area contributed by atoms with Crippen molar-refractivity contribution in [3.05, 3.63) is 29.1 Å². The average Bonchev–Trinajstić information content (AvgIpc) is 2.75. The minimum absolute atomic E-state index is 0.00895. The van der Waals surface area contributed by atoms with Gasteiger partial charge in [-0.05, 0) is 18.6 Å². The molecule has 1 N–H and O–H groups in total. The number of fused-ring (bicyclic) bond motifs is 1. The van der Waals surface area contributed by atoms with Crippen molar-refractivity contribution in [1.29, 1.82) is 0 Å². The molecule has 7 heteroatoms. The Morgan fingerprint density at radius 3 is 3.00 bits per heavy atom. The molecule has 6 nitrogen and oxygen atoms in total. The Morgan fingerprint density at radius 1 is 1.41 bits per heavy atom. The van der Waals surface area contributed by atoms with Crippen LogP contribution < -0.4 is 10.1 Å². The molecule has 0 aromatic heterocycles. The molecule has 0 spiro atoms. The molecule has 3 rings (SSSR count). The van der Waals surface area contributed by atoms with Gasteiger partial charge in [0, 0.05) is 11.1 Å². The first kappa shape index (κ1) is 14.8. The van der Waals surface area contributed by atoms with E-state index < -0.39 is 17.9 Å². The third-order valence-corrected chi connectivity index (χ3v) is 3.76. The summed E-state index contributed by atoms with van der Waals surface area (Å²) >= 11 is 0. The molecule has 1 unspecified atom stereocenters. The Labute approximate surface area is 127 Å². The molecule has 2 heterocycles. The maximum atomic E-state index is 13.7. The maximum absolute atomic E-state index is 13.7. The number of nitrogens with one attached hydrogen (secondary N) is 1. The van der Waals surface area contributed by atoms with Crippen LogP contribution in [0.2, 0.25) is 0 Å². The third kappa shape index (κ3) is 2.64. The van der Waals surface area contributed by atoms with Crippen molar-refractivity contribution in [2.75, 3.05) is 6.79 Å². The van der Waals surface area contributed by atoms with Crippen LogP contribution in [0.4, 0.5) is 9.18 Å². The zero-order chi connectivity index (χ0) is 15.7. The van der Waals surface area contributed by atoms with Crippen molar-refractivity contribution in [3.63, 3.8) is 0 Å². The monoisotopic (exact) mass is 308 g/mol. The van der Waals surface area contributed by atoms with E-state index in [1.54, 1.807) is 0 Å². The summed E-state index contributed by atoms with van der Waals surface area (Å²) in [7, 11) is 0. The topological polar surface area (TPSA) is 67.9 Å². The maximum Gasteiger partial charge on any atom is 0.325 e. The molecule has 2 aliphatic heterocycles. The van der Waals surface area contributed by atoms with Gasteiger partial charge in [-0.15, -0.1) is 0 Å². The van der Waals surface area contributed by atoms with Gasteiger partial charge in [-0.25, -0.2) is 9.18 Å². The second-order valence-electron chi connectivity index (χ2n) is 5.38. The Hall–Kier alpha value is -2.15. The molecule has 118 valence electrons. The standard InChI is InChI=1S/C15H17FN2O4/c1-2-3-12-14(19)18(15(20)17-12)6-9-4-11(16)5-10-7-21-8-22-13(9)10/h4-5,12H,2-3,6-8H2,1H3,(H,17,20). The fourth-order valence-electron chi connectivity index (χ4n) is 2.76. The molecule has 2 aliphatic rings. The zero-order valence-electron chi connectivity index (χ0n) is 12.2. The fourth-order valence-corrected chi connectivity index (χ4v) is 2.76. The number of carbonyl (C=O) groups excluding carboxylic acids is 2. The lowest BCUT2D eigenvalue weighted by Crippen LogP contribution is -2.31. The molecule has 3 amide bonds. The highest BCUT2D eigenvalue weighted by molar-refractivity contribution is 6.04. The van der Waals surface area contributed by atoms with Crippen LogP contribution in [-0.4, -0.2) is 29.7 Å². The van der Waals surface area contributed by atoms with Crippen LogP contribution in [0.3, 0.4) is 0 Å². The molecule has 1 aromatic rings. The van der Waals surface area contributed by atoms with Gasteiger partial charge in [0.2, 0.25) is 0 Å². The van der Waals surface area contributed by atoms with Crippen molar-refractivity contribution >= 4 is 11.9 Å². The number of urea groups is 1. The third-order valence-electron chi connectivity index (χ3n) is 3.76. The summed E-state index contributed by atoms with van der Waals surface area (Å²) in [5, 5.41) is 2.65. The van der Waals surface area contributed by atoms with Crippen LogP contribution >= 0.6 is 0 Å². The minimum atomic E-state index is -0.494. The number of hydrogen-bond donors (Lipinski definition) is 1. The van der Waals surface area contributed by atoms with Crippen molar-refractivity contribution in [2.24, 2.45) is 0 Å². The summed E-state index contributed by atoms with van der Waals surface area (Å²) in [6.45, 7) is 2.26. The Morgan fingerprint density at radius 2 is 2.23 bits per heavy atom. The number of benzene rings is 1. The quantitative estimate of drug-likeness (QED) is 0.863. The number of ether oxygens (including phenoxy) is 2. The number of carbonyl (C=O) groups is 2. The van der Waals surface area contributed by atoms with Crippen LogP contribution in [0.5, 0.6) is 5.75 Å². The van der Waals surface area contributed by atoms with Gasteiger partial charge >= 0.3 is 6.03 Å². The number of hydrogen-bond acceptors (Lipinski definition) is 4. The van der Waals surface area contributed by atoms with Crippen molar-refractivity contribution in [1.82, 2.24) is 10.2 Å². The van der Waals surface area contributed by atoms with Gasteiger partial charge < -0.3 is 14.8 Å². The van der Waals surface area contributed by atoms with E-state index in [0.717, 1.165) is 11.3 Å². The molecule has 0 aliphatic carbocycles. The summed E-state index contributed by atoms with van der Waals surface area (Å²) < 4.78 is 24.2. The predicted octanol–water partition coefficient (Wildman–Crippen LogP) is 1.91. The van der Waals surface area contributed by atoms with Gasteiger partial charge in [0.25, 0.3) is 5.91 Å². The smallest absolute Gasteiger partial charge is 0.325 e. The van der Waals surface area contributed by atoms with E-state index in [-0.39, 0.29) is 25.9 Å². The first-order valence-electron chi connectivity index (χ1n) is 7.24. The Bertz CT molecular complexity index is 620. The summed E-state index contributed by atoms with van der Waals surface area (Å²) in [4.78, 5) is 25.3. The van der Waals surface area contributed by atoms with Crippen molar-refractivity contribution in [3.8, 4) is 5.75 Å². The lowest BCUT2D eigenvalue weighted by atomic mass is 10.1. The molecule has 1 saturated heterocycles. The number of nitrogens with zero attached hydrogens (tertiary/aromatic N) is 1. The molecular formula is C15H17FN2O4. The van der Waals surface area contributed by atoms with Crippen LogP contribution in [0, 0.1) is 5.82 Å². The van der Waals surface area contributed by atoms with Crippen LogP contribution in [-0.2, 0) is 22.7 Å². The highest BCUT2D eigenvalue weighted by atomic mass is 19.1. The summed E-state index contributed by atoms with van der Waals surface area (Å²) in [5.41, 5.74) is 1.05. The largest absolute Gasteiger partial charge is 0.467 e. The van der Waals surface area contributed by atoms with E-state index in [0.29, 0.717) is 23.3 Å². The van der Waals surface area contributed by atoms with E-state index in [1.165, 1.54) is 12.1 Å². The first-order chi connectivity index (χ1) is 10.6. The highest BCUT2D eigenvalue weighted by Gasteiger charge is 2.37. The van der Waals surface area contributed by atoms with Gasteiger partial charge in [0.1, 0.15) is 17.6 Å². The molecular weight excluding hydrogens is 291 g/mol. The van der Waals surface area contributed by atoms with E-state index >= 15 is 0 Å². The van der Waals surface area contributed by atoms with Gasteiger partial charge in [0.15, 0.2) is 6.79 Å². The molecule has 1 fully saturated rings. The second-order valence-corrected chi connectivity index (χ2v) is 5.38. The Kier molecular flexibility index (Phi) is 3.98. The van der Waals surface area contributed by atoms with Crippen molar-refractivity contribution < 1.29 is 23.5 Å². The fraction of sp³-hybridized carbons (Fsp3) is 0.467. The molecule has 0 bridgehead atoms. The molecule has 0 saturated carbocycles. The summed E-state index contributed by atoms with van der Waals surface area (Å²) in [5.74, 6) is -0.232. The van der Waals surface area contributed by atoms with Gasteiger partial charge in [-0.3, -0.25) is 9.69 Å².